The summed E-state index contributed by atoms with van der Waals surface area (Å²) in [6.07, 6.45) is 2.98. The maximum atomic E-state index is 11.6. The predicted octanol–water partition coefficient (Wildman–Crippen LogP) is 1.48. The lowest BCUT2D eigenvalue weighted by molar-refractivity contribution is -0.136. The maximum Gasteiger partial charge on any atom is 0.329 e. The Morgan fingerprint density at radius 2 is 1.86 bits per heavy atom. The number of hydrogen-bond acceptors (Lipinski definition) is 4. The van der Waals surface area contributed by atoms with Crippen LogP contribution >= 0.6 is 0 Å². The summed E-state index contributed by atoms with van der Waals surface area (Å²) in [7, 11) is 0. The van der Waals surface area contributed by atoms with Crippen molar-refractivity contribution in [2.45, 2.75) is 6.92 Å². The number of carbonyl (C=O) groups is 2. The third kappa shape index (κ3) is 4.54. The molecule has 1 heterocycles. The Morgan fingerprint density at radius 1 is 1.10 bits per heavy atom. The van der Waals surface area contributed by atoms with E-state index in [0.717, 1.165) is 11.1 Å². The van der Waals surface area contributed by atoms with Crippen LogP contribution < -0.4 is 10.7 Å². The number of amides is 2. The third-order valence-corrected chi connectivity index (χ3v) is 2.57. The monoisotopic (exact) mass is 282 g/mol. The van der Waals surface area contributed by atoms with Gasteiger partial charge in [0.2, 0.25) is 0 Å². The average molecular weight is 282 g/mol. The first kappa shape index (κ1) is 14.4. The largest absolute Gasteiger partial charge is 0.329 e. The van der Waals surface area contributed by atoms with Crippen molar-refractivity contribution in [2.75, 3.05) is 5.32 Å². The number of carbonyl (C=O) groups excluding carboxylic acids is 2. The SMILES string of the molecule is Cc1ccc(/C=N/NC(=O)C(=O)Nc2ccccn2)cc1. The molecule has 6 nitrogen and oxygen atoms in total. The molecule has 0 unspecified atom stereocenters. The molecular weight excluding hydrogens is 268 g/mol. The molecular formula is C15H14N4O2. The average Bonchev–Trinajstić information content (AvgIpc) is 2.50. The molecule has 0 radical (unpaired) electrons. The molecule has 0 aliphatic carbocycles. The number of hydrazone groups is 1. The molecule has 1 aromatic carbocycles. The lowest BCUT2D eigenvalue weighted by Gasteiger charge is -2.02. The van der Waals surface area contributed by atoms with E-state index in [1.165, 1.54) is 12.4 Å². The molecule has 2 amide bonds. The second kappa shape index (κ2) is 6.95. The van der Waals surface area contributed by atoms with Crippen molar-refractivity contribution < 1.29 is 9.59 Å². The minimum absolute atomic E-state index is 0.306. The van der Waals surface area contributed by atoms with Gasteiger partial charge in [0.1, 0.15) is 5.82 Å². The first-order valence-corrected chi connectivity index (χ1v) is 6.27. The Labute approximate surface area is 121 Å². The molecule has 0 atom stereocenters. The fourth-order valence-electron chi connectivity index (χ4n) is 1.48. The number of nitrogens with zero attached hydrogens (tertiary/aromatic N) is 2. The minimum atomic E-state index is -0.857. The van der Waals surface area contributed by atoms with Crippen molar-refractivity contribution in [1.29, 1.82) is 0 Å². The highest BCUT2D eigenvalue weighted by Gasteiger charge is 2.12. The van der Waals surface area contributed by atoms with Crippen molar-refractivity contribution in [3.8, 4) is 0 Å². The van der Waals surface area contributed by atoms with Crippen LogP contribution in [0.2, 0.25) is 0 Å². The molecule has 0 aliphatic rings. The second-order valence-corrected chi connectivity index (χ2v) is 4.28. The van der Waals surface area contributed by atoms with Gasteiger partial charge >= 0.3 is 11.8 Å². The molecule has 0 aliphatic heterocycles. The van der Waals surface area contributed by atoms with E-state index >= 15 is 0 Å². The normalized spacial score (nSPS) is 10.3. The summed E-state index contributed by atoms with van der Waals surface area (Å²) in [5, 5.41) is 6.09. The minimum Gasteiger partial charge on any atom is -0.302 e. The van der Waals surface area contributed by atoms with E-state index in [1.807, 2.05) is 31.2 Å². The summed E-state index contributed by atoms with van der Waals surface area (Å²) >= 11 is 0. The summed E-state index contributed by atoms with van der Waals surface area (Å²) in [6.45, 7) is 1.98. The second-order valence-electron chi connectivity index (χ2n) is 4.28. The molecule has 0 fully saturated rings. The number of anilines is 1. The van der Waals surface area contributed by atoms with E-state index < -0.39 is 11.8 Å². The van der Waals surface area contributed by atoms with Crippen LogP contribution in [0.5, 0.6) is 0 Å². The highest BCUT2D eigenvalue weighted by Crippen LogP contribution is 2.00. The number of nitrogens with one attached hydrogen (secondary N) is 2. The molecule has 21 heavy (non-hydrogen) atoms. The van der Waals surface area contributed by atoms with E-state index in [2.05, 4.69) is 20.8 Å². The van der Waals surface area contributed by atoms with Crippen LogP contribution in [-0.4, -0.2) is 23.0 Å². The van der Waals surface area contributed by atoms with Gasteiger partial charge < -0.3 is 5.32 Å². The van der Waals surface area contributed by atoms with Gasteiger partial charge in [0.05, 0.1) is 6.21 Å². The third-order valence-electron chi connectivity index (χ3n) is 2.57. The van der Waals surface area contributed by atoms with Gasteiger partial charge in [-0.1, -0.05) is 35.9 Å². The predicted molar refractivity (Wildman–Crippen MR) is 79.8 cm³/mol. The van der Waals surface area contributed by atoms with Crippen LogP contribution in [0.3, 0.4) is 0 Å². The van der Waals surface area contributed by atoms with Gasteiger partial charge in [0.15, 0.2) is 0 Å². The summed E-state index contributed by atoms with van der Waals surface area (Å²) in [6, 6.07) is 12.6. The standard InChI is InChI=1S/C15H14N4O2/c1-11-5-7-12(8-6-11)10-17-19-15(21)14(20)18-13-4-2-3-9-16-13/h2-10H,1H3,(H,19,21)(H,16,18,20)/b17-10+. The Bertz CT molecular complexity index is 651. The number of rotatable bonds is 3. The molecule has 0 spiro atoms. The van der Waals surface area contributed by atoms with Gasteiger partial charge in [-0.05, 0) is 24.6 Å². The van der Waals surface area contributed by atoms with Crippen molar-refractivity contribution in [2.24, 2.45) is 5.10 Å². The van der Waals surface area contributed by atoms with Gasteiger partial charge in [-0.3, -0.25) is 9.59 Å². The van der Waals surface area contributed by atoms with Gasteiger partial charge in [-0.2, -0.15) is 5.10 Å². The van der Waals surface area contributed by atoms with E-state index in [1.54, 1.807) is 18.2 Å². The summed E-state index contributed by atoms with van der Waals surface area (Å²) in [4.78, 5) is 27.0. The van der Waals surface area contributed by atoms with Gasteiger partial charge in [-0.25, -0.2) is 10.4 Å². The van der Waals surface area contributed by atoms with Crippen molar-refractivity contribution in [3.63, 3.8) is 0 Å². The molecule has 6 heteroatoms. The molecule has 2 rings (SSSR count). The maximum absolute atomic E-state index is 11.6. The van der Waals surface area contributed by atoms with Crippen LogP contribution in [0.4, 0.5) is 5.82 Å². The molecule has 2 N–H and O–H groups in total. The Hall–Kier alpha value is -3.02. The smallest absolute Gasteiger partial charge is 0.302 e. The summed E-state index contributed by atoms with van der Waals surface area (Å²) in [5.74, 6) is -1.38. The lowest BCUT2D eigenvalue weighted by Crippen LogP contribution is -2.32. The van der Waals surface area contributed by atoms with Crippen LogP contribution in [0.1, 0.15) is 11.1 Å². The fraction of sp³-hybridized carbons (Fsp3) is 0.0667. The topological polar surface area (TPSA) is 83.5 Å². The molecule has 1 aromatic heterocycles. The van der Waals surface area contributed by atoms with E-state index in [0.29, 0.717) is 5.82 Å². The summed E-state index contributed by atoms with van der Waals surface area (Å²) in [5.41, 5.74) is 4.11. The number of aryl methyl sites for hydroxylation is 1. The number of pyridine rings is 1. The van der Waals surface area contributed by atoms with Crippen LogP contribution in [0.25, 0.3) is 0 Å². The van der Waals surface area contributed by atoms with Crippen LogP contribution in [-0.2, 0) is 9.59 Å². The first-order valence-electron chi connectivity index (χ1n) is 6.27. The lowest BCUT2D eigenvalue weighted by atomic mass is 10.2. The van der Waals surface area contributed by atoms with E-state index in [-0.39, 0.29) is 0 Å². The van der Waals surface area contributed by atoms with Crippen molar-refractivity contribution in [3.05, 3.63) is 59.8 Å². The Kier molecular flexibility index (Phi) is 4.76. The van der Waals surface area contributed by atoms with Crippen molar-refractivity contribution >= 4 is 23.8 Å². The molecule has 2 aromatic rings. The fourth-order valence-corrected chi connectivity index (χ4v) is 1.48. The molecule has 0 saturated heterocycles. The van der Waals surface area contributed by atoms with Crippen LogP contribution in [0.15, 0.2) is 53.8 Å². The Morgan fingerprint density at radius 3 is 2.52 bits per heavy atom. The zero-order valence-corrected chi connectivity index (χ0v) is 11.4. The van der Waals surface area contributed by atoms with Gasteiger partial charge in [-0.15, -0.1) is 0 Å². The van der Waals surface area contributed by atoms with Crippen molar-refractivity contribution in [1.82, 2.24) is 10.4 Å². The van der Waals surface area contributed by atoms with Gasteiger partial charge in [0, 0.05) is 6.20 Å². The van der Waals surface area contributed by atoms with E-state index in [9.17, 15) is 9.59 Å². The highest BCUT2D eigenvalue weighted by molar-refractivity contribution is 6.39. The molecule has 106 valence electrons. The molecule has 0 saturated carbocycles. The van der Waals surface area contributed by atoms with Crippen LogP contribution in [0, 0.1) is 6.92 Å². The van der Waals surface area contributed by atoms with E-state index in [4.69, 9.17) is 0 Å². The zero-order valence-electron chi connectivity index (χ0n) is 11.4. The number of hydrogen-bond donors (Lipinski definition) is 2. The number of benzene rings is 1. The Balaban J connectivity index is 1.86. The highest BCUT2D eigenvalue weighted by atomic mass is 16.2. The first-order chi connectivity index (χ1) is 10.1. The summed E-state index contributed by atoms with van der Waals surface area (Å²) < 4.78 is 0. The van der Waals surface area contributed by atoms with Gasteiger partial charge in [0.25, 0.3) is 0 Å². The number of aromatic nitrogens is 1. The molecule has 0 bridgehead atoms. The zero-order chi connectivity index (χ0) is 15.1. The quantitative estimate of drug-likeness (QED) is 0.508.